The van der Waals surface area contributed by atoms with Gasteiger partial charge in [-0.15, -0.1) is 0 Å². The number of benzene rings is 1. The van der Waals surface area contributed by atoms with Crippen LogP contribution in [0.2, 0.25) is 0 Å². The standard InChI is InChI=1S/C17H26N2O3/c1-4-16(22-15-8-6-7-14(13-15)21-3)17(20)19-11-9-18(5-2)10-12-19/h6-8,13,16H,4-5,9-12H2,1-3H3/t16-/m0/s1. The van der Waals surface area contributed by atoms with Crippen LogP contribution < -0.4 is 9.47 Å². The molecule has 1 heterocycles. The van der Waals surface area contributed by atoms with Crippen molar-refractivity contribution < 1.29 is 14.3 Å². The summed E-state index contributed by atoms with van der Waals surface area (Å²) in [7, 11) is 1.62. The number of methoxy groups -OCH3 is 1. The SMILES string of the molecule is CC[C@H](Oc1cccc(OC)c1)C(=O)N1CCN(CC)CC1. The van der Waals surface area contributed by atoms with Gasteiger partial charge < -0.3 is 19.3 Å². The molecule has 1 amide bonds. The predicted molar refractivity (Wildman–Crippen MR) is 86.4 cm³/mol. The molecule has 1 aliphatic heterocycles. The highest BCUT2D eigenvalue weighted by Crippen LogP contribution is 2.21. The second-order valence-electron chi connectivity index (χ2n) is 5.45. The van der Waals surface area contributed by atoms with E-state index in [1.807, 2.05) is 36.1 Å². The zero-order chi connectivity index (χ0) is 15.9. The summed E-state index contributed by atoms with van der Waals surface area (Å²) in [6.07, 6.45) is 0.226. The van der Waals surface area contributed by atoms with Crippen molar-refractivity contribution in [1.29, 1.82) is 0 Å². The summed E-state index contributed by atoms with van der Waals surface area (Å²) in [6.45, 7) is 8.62. The third-order valence-electron chi connectivity index (χ3n) is 4.10. The number of likely N-dealkylation sites (N-methyl/N-ethyl adjacent to an activating group) is 1. The summed E-state index contributed by atoms with van der Waals surface area (Å²) < 4.78 is 11.1. The minimum atomic E-state index is -0.430. The maximum absolute atomic E-state index is 12.6. The fourth-order valence-electron chi connectivity index (χ4n) is 2.64. The van der Waals surface area contributed by atoms with Crippen molar-refractivity contribution in [2.45, 2.75) is 26.4 Å². The molecule has 0 bridgehead atoms. The van der Waals surface area contributed by atoms with E-state index in [-0.39, 0.29) is 5.91 Å². The van der Waals surface area contributed by atoms with Crippen LogP contribution in [0.3, 0.4) is 0 Å². The van der Waals surface area contributed by atoms with Crippen molar-refractivity contribution in [3.05, 3.63) is 24.3 Å². The van der Waals surface area contributed by atoms with Crippen LogP contribution in [0.5, 0.6) is 11.5 Å². The van der Waals surface area contributed by atoms with E-state index in [4.69, 9.17) is 9.47 Å². The molecule has 1 fully saturated rings. The van der Waals surface area contributed by atoms with Gasteiger partial charge in [0, 0.05) is 32.2 Å². The highest BCUT2D eigenvalue weighted by molar-refractivity contribution is 5.81. The Morgan fingerprint density at radius 3 is 2.45 bits per heavy atom. The van der Waals surface area contributed by atoms with Gasteiger partial charge in [-0.05, 0) is 25.1 Å². The minimum absolute atomic E-state index is 0.0843. The lowest BCUT2D eigenvalue weighted by Crippen LogP contribution is -2.52. The van der Waals surface area contributed by atoms with Gasteiger partial charge in [-0.25, -0.2) is 0 Å². The zero-order valence-corrected chi connectivity index (χ0v) is 13.7. The fraction of sp³-hybridized carbons (Fsp3) is 0.588. The van der Waals surface area contributed by atoms with Gasteiger partial charge in [0.15, 0.2) is 6.10 Å². The molecule has 5 heteroatoms. The minimum Gasteiger partial charge on any atom is -0.497 e. The van der Waals surface area contributed by atoms with Crippen LogP contribution in [-0.4, -0.2) is 61.6 Å². The van der Waals surface area contributed by atoms with Gasteiger partial charge in [-0.1, -0.05) is 19.9 Å². The molecule has 5 nitrogen and oxygen atoms in total. The Morgan fingerprint density at radius 2 is 1.86 bits per heavy atom. The van der Waals surface area contributed by atoms with Gasteiger partial charge in [0.25, 0.3) is 5.91 Å². The molecule has 0 aromatic heterocycles. The van der Waals surface area contributed by atoms with Crippen molar-refractivity contribution in [2.24, 2.45) is 0 Å². The Hall–Kier alpha value is -1.75. The summed E-state index contributed by atoms with van der Waals surface area (Å²) in [5.74, 6) is 1.49. The highest BCUT2D eigenvalue weighted by atomic mass is 16.5. The molecule has 0 N–H and O–H groups in total. The second kappa shape index (κ2) is 8.03. The molecule has 1 aliphatic rings. The molecule has 1 saturated heterocycles. The lowest BCUT2D eigenvalue weighted by Gasteiger charge is -2.35. The Labute approximate surface area is 132 Å². The summed E-state index contributed by atoms with van der Waals surface area (Å²) in [4.78, 5) is 16.9. The second-order valence-corrected chi connectivity index (χ2v) is 5.45. The van der Waals surface area contributed by atoms with E-state index in [0.717, 1.165) is 38.5 Å². The first-order valence-corrected chi connectivity index (χ1v) is 7.99. The number of ether oxygens (including phenoxy) is 2. The molecule has 0 radical (unpaired) electrons. The van der Waals surface area contributed by atoms with Crippen LogP contribution in [0.4, 0.5) is 0 Å². The van der Waals surface area contributed by atoms with Crippen molar-refractivity contribution >= 4 is 5.91 Å². The smallest absolute Gasteiger partial charge is 0.263 e. The average Bonchev–Trinajstić information content (AvgIpc) is 2.59. The van der Waals surface area contributed by atoms with Gasteiger partial charge in [0.1, 0.15) is 11.5 Å². The van der Waals surface area contributed by atoms with Crippen LogP contribution >= 0.6 is 0 Å². The molecule has 1 aromatic rings. The Bertz CT molecular complexity index is 485. The van der Waals surface area contributed by atoms with Crippen LogP contribution in [0.15, 0.2) is 24.3 Å². The molecular weight excluding hydrogens is 280 g/mol. The molecule has 22 heavy (non-hydrogen) atoms. The van der Waals surface area contributed by atoms with E-state index in [1.165, 1.54) is 0 Å². The average molecular weight is 306 g/mol. The van der Waals surface area contributed by atoms with Gasteiger partial charge in [0.05, 0.1) is 7.11 Å². The Morgan fingerprint density at radius 1 is 1.18 bits per heavy atom. The molecule has 0 aliphatic carbocycles. The third-order valence-corrected chi connectivity index (χ3v) is 4.10. The first kappa shape index (κ1) is 16.6. The number of piperazine rings is 1. The van der Waals surface area contributed by atoms with E-state index >= 15 is 0 Å². The van der Waals surface area contributed by atoms with Gasteiger partial charge >= 0.3 is 0 Å². The Kier molecular flexibility index (Phi) is 6.07. The predicted octanol–water partition coefficient (Wildman–Crippen LogP) is 2.02. The lowest BCUT2D eigenvalue weighted by molar-refractivity contribution is -0.140. The Balaban J connectivity index is 1.97. The third kappa shape index (κ3) is 4.13. The van der Waals surface area contributed by atoms with Crippen molar-refractivity contribution in [3.63, 3.8) is 0 Å². The van der Waals surface area contributed by atoms with E-state index in [2.05, 4.69) is 11.8 Å². The van der Waals surface area contributed by atoms with Gasteiger partial charge in [0.2, 0.25) is 0 Å². The molecule has 2 rings (SSSR count). The summed E-state index contributed by atoms with van der Waals surface area (Å²) in [5.41, 5.74) is 0. The van der Waals surface area contributed by atoms with Gasteiger partial charge in [-0.2, -0.15) is 0 Å². The maximum Gasteiger partial charge on any atom is 0.263 e. The van der Waals surface area contributed by atoms with Crippen molar-refractivity contribution in [1.82, 2.24) is 9.80 Å². The summed E-state index contributed by atoms with van der Waals surface area (Å²) >= 11 is 0. The van der Waals surface area contributed by atoms with E-state index in [9.17, 15) is 4.79 Å². The summed E-state index contributed by atoms with van der Waals surface area (Å²) in [5, 5.41) is 0. The largest absolute Gasteiger partial charge is 0.497 e. The molecule has 0 saturated carbocycles. The highest BCUT2D eigenvalue weighted by Gasteiger charge is 2.27. The number of amides is 1. The maximum atomic E-state index is 12.6. The van der Waals surface area contributed by atoms with Crippen LogP contribution in [0.1, 0.15) is 20.3 Å². The topological polar surface area (TPSA) is 42.0 Å². The quantitative estimate of drug-likeness (QED) is 0.806. The normalized spacial score (nSPS) is 17.1. The van der Waals surface area contributed by atoms with Crippen LogP contribution in [0.25, 0.3) is 0 Å². The molecule has 122 valence electrons. The fourth-order valence-corrected chi connectivity index (χ4v) is 2.64. The molecule has 0 unspecified atom stereocenters. The number of hydrogen-bond acceptors (Lipinski definition) is 4. The number of rotatable bonds is 6. The van der Waals surface area contributed by atoms with Crippen molar-refractivity contribution in [3.8, 4) is 11.5 Å². The molecule has 1 aromatic carbocycles. The first-order chi connectivity index (χ1) is 10.7. The number of carbonyl (C=O) groups is 1. The number of nitrogens with zero attached hydrogens (tertiary/aromatic N) is 2. The molecule has 0 spiro atoms. The summed E-state index contributed by atoms with van der Waals surface area (Å²) in [6, 6.07) is 7.39. The van der Waals surface area contributed by atoms with Crippen LogP contribution in [-0.2, 0) is 4.79 Å². The molecular formula is C17H26N2O3. The lowest BCUT2D eigenvalue weighted by atomic mass is 10.2. The first-order valence-electron chi connectivity index (χ1n) is 7.99. The number of carbonyl (C=O) groups excluding carboxylic acids is 1. The van der Waals surface area contributed by atoms with E-state index in [1.54, 1.807) is 7.11 Å². The van der Waals surface area contributed by atoms with E-state index in [0.29, 0.717) is 12.2 Å². The van der Waals surface area contributed by atoms with Gasteiger partial charge in [-0.3, -0.25) is 4.79 Å². The van der Waals surface area contributed by atoms with Crippen LogP contribution in [0, 0.1) is 0 Å². The molecule has 1 atom stereocenters. The monoisotopic (exact) mass is 306 g/mol. The van der Waals surface area contributed by atoms with Crippen molar-refractivity contribution in [2.75, 3.05) is 39.8 Å². The van der Waals surface area contributed by atoms with E-state index < -0.39 is 6.10 Å². The number of hydrogen-bond donors (Lipinski definition) is 0. The zero-order valence-electron chi connectivity index (χ0n) is 13.7.